The molecule has 4 rings (SSSR count). The molecule has 0 aliphatic carbocycles. The fourth-order valence-corrected chi connectivity index (χ4v) is 3.65. The number of hydrogen-bond donors (Lipinski definition) is 1. The first-order chi connectivity index (χ1) is 13.6. The van der Waals surface area contributed by atoms with Gasteiger partial charge in [-0.2, -0.15) is 4.98 Å². The molecule has 1 N–H and O–H groups in total. The molecule has 1 amide bonds. The number of nitrogens with zero attached hydrogens (tertiary/aromatic N) is 4. The quantitative estimate of drug-likeness (QED) is 0.707. The molecule has 1 atom stereocenters. The predicted molar refractivity (Wildman–Crippen MR) is 107 cm³/mol. The van der Waals surface area contributed by atoms with E-state index in [1.807, 2.05) is 44.2 Å². The summed E-state index contributed by atoms with van der Waals surface area (Å²) in [6, 6.07) is 9.90. The molecule has 1 fully saturated rings. The number of fused-ring (bicyclic) bond motifs is 1. The van der Waals surface area contributed by atoms with Crippen LogP contribution >= 0.6 is 0 Å². The first-order valence-electron chi connectivity index (χ1n) is 9.84. The predicted octanol–water partition coefficient (Wildman–Crippen LogP) is 3.34. The van der Waals surface area contributed by atoms with Crippen molar-refractivity contribution in [2.75, 3.05) is 18.0 Å². The summed E-state index contributed by atoms with van der Waals surface area (Å²) in [5.41, 5.74) is 2.39. The van der Waals surface area contributed by atoms with Crippen molar-refractivity contribution in [1.82, 2.24) is 20.4 Å². The van der Waals surface area contributed by atoms with E-state index in [1.54, 1.807) is 0 Å². The zero-order chi connectivity index (χ0) is 19.5. The second-order valence-electron chi connectivity index (χ2n) is 7.31. The molecule has 0 bridgehead atoms. The molecule has 1 saturated heterocycles. The Morgan fingerprint density at radius 2 is 1.96 bits per heavy atom. The Morgan fingerprint density at radius 1 is 1.21 bits per heavy atom. The van der Waals surface area contributed by atoms with E-state index in [-0.39, 0.29) is 11.9 Å². The molecular formula is C21H25N5O2. The third-order valence-electron chi connectivity index (χ3n) is 5.19. The standard InChI is InChI=1S/C21H25N5O2/c1-14(16-8-4-3-5-9-16)22-18(27)11-10-17-23-20(26-12-6-7-13-26)19-15(2)25-28-21(19)24-17/h3-5,8-9,14H,6-7,10-13H2,1-2H3,(H,22,27)/t14-/m1/s1. The van der Waals surface area contributed by atoms with Gasteiger partial charge in [-0.3, -0.25) is 4.79 Å². The van der Waals surface area contributed by atoms with Crippen LogP contribution < -0.4 is 10.2 Å². The Kier molecular flexibility index (Phi) is 5.23. The SMILES string of the molecule is Cc1noc2nc(CCC(=O)N[C@H](C)c3ccccc3)nc(N3CCCC3)c12. The third-order valence-corrected chi connectivity index (χ3v) is 5.19. The second kappa shape index (κ2) is 7.96. The second-order valence-corrected chi connectivity index (χ2v) is 7.31. The van der Waals surface area contributed by atoms with Crippen LogP contribution in [-0.2, 0) is 11.2 Å². The topological polar surface area (TPSA) is 84.1 Å². The molecule has 3 heterocycles. The minimum atomic E-state index is -0.0332. The van der Waals surface area contributed by atoms with Crippen molar-refractivity contribution in [3.8, 4) is 0 Å². The minimum absolute atomic E-state index is 0.0171. The van der Waals surface area contributed by atoms with Crippen molar-refractivity contribution in [3.63, 3.8) is 0 Å². The lowest BCUT2D eigenvalue weighted by Crippen LogP contribution is -2.27. The molecule has 0 saturated carbocycles. The van der Waals surface area contributed by atoms with Crippen molar-refractivity contribution < 1.29 is 9.32 Å². The molecule has 2 aromatic heterocycles. The van der Waals surface area contributed by atoms with Gasteiger partial charge in [-0.15, -0.1) is 0 Å². The highest BCUT2D eigenvalue weighted by atomic mass is 16.5. The lowest BCUT2D eigenvalue weighted by atomic mass is 10.1. The Morgan fingerprint density at radius 3 is 2.71 bits per heavy atom. The monoisotopic (exact) mass is 379 g/mol. The van der Waals surface area contributed by atoms with Crippen molar-refractivity contribution in [1.29, 1.82) is 0 Å². The van der Waals surface area contributed by atoms with Gasteiger partial charge in [-0.1, -0.05) is 35.5 Å². The van der Waals surface area contributed by atoms with E-state index in [0.29, 0.717) is 24.4 Å². The van der Waals surface area contributed by atoms with Gasteiger partial charge >= 0.3 is 0 Å². The Labute approximate surface area is 164 Å². The van der Waals surface area contributed by atoms with Crippen molar-refractivity contribution in [3.05, 3.63) is 47.4 Å². The summed E-state index contributed by atoms with van der Waals surface area (Å²) in [5, 5.41) is 7.97. The molecule has 7 nitrogen and oxygen atoms in total. The highest BCUT2D eigenvalue weighted by Crippen LogP contribution is 2.29. The molecule has 1 aliphatic heterocycles. The van der Waals surface area contributed by atoms with Gasteiger partial charge in [0, 0.05) is 25.9 Å². The normalized spacial score (nSPS) is 15.1. The summed E-state index contributed by atoms with van der Waals surface area (Å²) < 4.78 is 5.39. The highest BCUT2D eigenvalue weighted by Gasteiger charge is 2.22. The average molecular weight is 379 g/mol. The summed E-state index contributed by atoms with van der Waals surface area (Å²) in [6.45, 7) is 5.85. The average Bonchev–Trinajstić information content (AvgIpc) is 3.37. The van der Waals surface area contributed by atoms with Crippen LogP contribution in [0.1, 0.15) is 49.3 Å². The first kappa shape index (κ1) is 18.4. The number of anilines is 1. The number of aromatic nitrogens is 3. The minimum Gasteiger partial charge on any atom is -0.356 e. The van der Waals surface area contributed by atoms with E-state index in [4.69, 9.17) is 9.51 Å². The highest BCUT2D eigenvalue weighted by molar-refractivity contribution is 5.88. The molecule has 0 radical (unpaired) electrons. The number of nitrogens with one attached hydrogen (secondary N) is 1. The van der Waals surface area contributed by atoms with Crippen molar-refractivity contribution in [2.24, 2.45) is 0 Å². The fraction of sp³-hybridized carbons (Fsp3) is 0.429. The number of carbonyl (C=O) groups excluding carboxylic acids is 1. The van der Waals surface area contributed by atoms with Gasteiger partial charge < -0.3 is 14.7 Å². The van der Waals surface area contributed by atoms with Crippen molar-refractivity contribution in [2.45, 2.75) is 45.6 Å². The van der Waals surface area contributed by atoms with E-state index in [2.05, 4.69) is 20.4 Å². The maximum absolute atomic E-state index is 12.4. The Balaban J connectivity index is 1.46. The van der Waals surface area contributed by atoms with Crippen molar-refractivity contribution >= 4 is 22.8 Å². The zero-order valence-electron chi connectivity index (χ0n) is 16.3. The van der Waals surface area contributed by atoms with Crippen LogP contribution in [0.25, 0.3) is 11.1 Å². The molecule has 3 aromatic rings. The summed E-state index contributed by atoms with van der Waals surface area (Å²) in [4.78, 5) is 23.9. The molecule has 146 valence electrons. The van der Waals surface area contributed by atoms with Gasteiger partial charge in [0.05, 0.1) is 11.7 Å². The summed E-state index contributed by atoms with van der Waals surface area (Å²) in [7, 11) is 0. The molecule has 1 aliphatic rings. The van der Waals surface area contributed by atoms with Crippen LogP contribution in [0.15, 0.2) is 34.9 Å². The van der Waals surface area contributed by atoms with Crippen LogP contribution in [0.2, 0.25) is 0 Å². The molecule has 7 heteroatoms. The number of aryl methyl sites for hydroxylation is 2. The molecular weight excluding hydrogens is 354 g/mol. The number of benzene rings is 1. The Bertz CT molecular complexity index is 964. The first-order valence-corrected chi connectivity index (χ1v) is 9.84. The maximum atomic E-state index is 12.4. The third kappa shape index (κ3) is 3.83. The van der Waals surface area contributed by atoms with Gasteiger partial charge in [-0.25, -0.2) is 4.98 Å². The van der Waals surface area contributed by atoms with Crippen LogP contribution in [0, 0.1) is 6.92 Å². The number of carbonyl (C=O) groups is 1. The van der Waals surface area contributed by atoms with Crippen LogP contribution in [-0.4, -0.2) is 34.1 Å². The van der Waals surface area contributed by atoms with Gasteiger partial charge in [0.15, 0.2) is 0 Å². The molecule has 1 aromatic carbocycles. The number of hydrogen-bond acceptors (Lipinski definition) is 6. The maximum Gasteiger partial charge on any atom is 0.263 e. The van der Waals surface area contributed by atoms with E-state index >= 15 is 0 Å². The number of amides is 1. The van der Waals surface area contributed by atoms with Gasteiger partial charge in [0.25, 0.3) is 5.71 Å². The van der Waals surface area contributed by atoms with E-state index in [9.17, 15) is 4.79 Å². The largest absolute Gasteiger partial charge is 0.356 e. The lowest BCUT2D eigenvalue weighted by Gasteiger charge is -2.18. The molecule has 0 spiro atoms. The molecule has 0 unspecified atom stereocenters. The van der Waals surface area contributed by atoms with Gasteiger partial charge in [0.1, 0.15) is 17.0 Å². The van der Waals surface area contributed by atoms with E-state index in [0.717, 1.165) is 48.4 Å². The summed E-state index contributed by atoms with van der Waals surface area (Å²) in [6.07, 6.45) is 3.11. The lowest BCUT2D eigenvalue weighted by molar-refractivity contribution is -0.121. The summed E-state index contributed by atoms with van der Waals surface area (Å²) >= 11 is 0. The van der Waals surface area contributed by atoms with Crippen LogP contribution in [0.5, 0.6) is 0 Å². The number of rotatable bonds is 6. The van der Waals surface area contributed by atoms with Crippen LogP contribution in [0.4, 0.5) is 5.82 Å². The van der Waals surface area contributed by atoms with Gasteiger partial charge in [0.2, 0.25) is 5.91 Å². The van der Waals surface area contributed by atoms with E-state index < -0.39 is 0 Å². The zero-order valence-corrected chi connectivity index (χ0v) is 16.3. The fourth-order valence-electron chi connectivity index (χ4n) is 3.65. The smallest absolute Gasteiger partial charge is 0.263 e. The van der Waals surface area contributed by atoms with Crippen LogP contribution in [0.3, 0.4) is 0 Å². The molecule has 28 heavy (non-hydrogen) atoms. The summed E-state index contributed by atoms with van der Waals surface area (Å²) in [5.74, 6) is 1.49. The Hall–Kier alpha value is -2.96. The van der Waals surface area contributed by atoms with Gasteiger partial charge in [-0.05, 0) is 32.3 Å². The van der Waals surface area contributed by atoms with E-state index in [1.165, 1.54) is 0 Å².